The predicted molar refractivity (Wildman–Crippen MR) is 83.0 cm³/mol. The van der Waals surface area contributed by atoms with Gasteiger partial charge in [-0.3, -0.25) is 4.90 Å². The highest BCUT2D eigenvalue weighted by Crippen LogP contribution is 2.30. The summed E-state index contributed by atoms with van der Waals surface area (Å²) in [7, 11) is 2.20. The number of nitrogens with zero attached hydrogens (tertiary/aromatic N) is 2. The maximum absolute atomic E-state index is 6.42. The standard InChI is InChI=1S/C15H24ClN3/c1-4-13-10-19(8-7-18(13)3)15-6-5-12(11(2)17)9-14(15)16/h5-6,9,11,13H,4,7-8,10,17H2,1-3H3/t11-,13?/m0/s1. The van der Waals surface area contributed by atoms with Crippen molar-refractivity contribution in [1.29, 1.82) is 0 Å². The summed E-state index contributed by atoms with van der Waals surface area (Å²) in [5.41, 5.74) is 8.12. The van der Waals surface area contributed by atoms with Crippen LogP contribution in [0.15, 0.2) is 18.2 Å². The lowest BCUT2D eigenvalue weighted by atomic mass is 10.1. The highest BCUT2D eigenvalue weighted by atomic mass is 35.5. The number of likely N-dealkylation sites (N-methyl/N-ethyl adjacent to an activating group) is 1. The smallest absolute Gasteiger partial charge is 0.0642 e. The molecule has 1 aliphatic rings. The third-order valence-electron chi connectivity index (χ3n) is 4.09. The molecule has 1 unspecified atom stereocenters. The van der Waals surface area contributed by atoms with Gasteiger partial charge in [0.1, 0.15) is 0 Å². The third kappa shape index (κ3) is 3.22. The molecule has 1 heterocycles. The van der Waals surface area contributed by atoms with Crippen LogP contribution in [0.3, 0.4) is 0 Å². The van der Waals surface area contributed by atoms with E-state index >= 15 is 0 Å². The molecule has 2 atom stereocenters. The highest BCUT2D eigenvalue weighted by molar-refractivity contribution is 6.33. The molecular weight excluding hydrogens is 258 g/mol. The maximum Gasteiger partial charge on any atom is 0.0642 e. The molecular formula is C15H24ClN3. The molecule has 1 aromatic carbocycles. The van der Waals surface area contributed by atoms with Gasteiger partial charge >= 0.3 is 0 Å². The van der Waals surface area contributed by atoms with E-state index in [1.165, 1.54) is 6.42 Å². The van der Waals surface area contributed by atoms with Gasteiger partial charge in [-0.25, -0.2) is 0 Å². The van der Waals surface area contributed by atoms with Crippen molar-refractivity contribution in [1.82, 2.24) is 4.90 Å². The van der Waals surface area contributed by atoms with Gasteiger partial charge in [0.2, 0.25) is 0 Å². The molecule has 19 heavy (non-hydrogen) atoms. The summed E-state index contributed by atoms with van der Waals surface area (Å²) in [6.07, 6.45) is 1.17. The lowest BCUT2D eigenvalue weighted by Crippen LogP contribution is -2.51. The van der Waals surface area contributed by atoms with E-state index in [0.717, 1.165) is 35.9 Å². The summed E-state index contributed by atoms with van der Waals surface area (Å²) in [6, 6.07) is 6.84. The van der Waals surface area contributed by atoms with Crippen molar-refractivity contribution in [3.05, 3.63) is 28.8 Å². The Morgan fingerprint density at radius 2 is 2.16 bits per heavy atom. The first-order valence-electron chi connectivity index (χ1n) is 7.03. The van der Waals surface area contributed by atoms with Crippen LogP contribution in [0, 0.1) is 0 Å². The first kappa shape index (κ1) is 14.6. The van der Waals surface area contributed by atoms with Crippen LogP contribution in [0.1, 0.15) is 31.9 Å². The average Bonchev–Trinajstić information content (AvgIpc) is 2.39. The lowest BCUT2D eigenvalue weighted by Gasteiger charge is -2.40. The fourth-order valence-electron chi connectivity index (χ4n) is 2.67. The minimum Gasteiger partial charge on any atom is -0.367 e. The summed E-state index contributed by atoms with van der Waals surface area (Å²) >= 11 is 6.42. The number of nitrogens with two attached hydrogens (primary N) is 1. The van der Waals surface area contributed by atoms with Crippen LogP contribution in [0.4, 0.5) is 5.69 Å². The molecule has 4 heteroatoms. The monoisotopic (exact) mass is 281 g/mol. The van der Waals surface area contributed by atoms with Gasteiger partial charge in [-0.15, -0.1) is 0 Å². The number of rotatable bonds is 3. The Bertz CT molecular complexity index is 433. The van der Waals surface area contributed by atoms with Crippen LogP contribution < -0.4 is 10.6 Å². The topological polar surface area (TPSA) is 32.5 Å². The summed E-state index contributed by atoms with van der Waals surface area (Å²) in [4.78, 5) is 4.82. The van der Waals surface area contributed by atoms with Gasteiger partial charge in [0.05, 0.1) is 10.7 Å². The van der Waals surface area contributed by atoms with Crippen LogP contribution in [-0.2, 0) is 0 Å². The van der Waals surface area contributed by atoms with E-state index in [4.69, 9.17) is 17.3 Å². The van der Waals surface area contributed by atoms with Crippen molar-refractivity contribution < 1.29 is 0 Å². The molecule has 1 aromatic rings. The van der Waals surface area contributed by atoms with Crippen molar-refractivity contribution >= 4 is 17.3 Å². The molecule has 1 fully saturated rings. The molecule has 3 nitrogen and oxygen atoms in total. The fourth-order valence-corrected chi connectivity index (χ4v) is 2.98. The van der Waals surface area contributed by atoms with E-state index in [2.05, 4.69) is 35.9 Å². The van der Waals surface area contributed by atoms with Gasteiger partial charge < -0.3 is 10.6 Å². The maximum atomic E-state index is 6.42. The molecule has 0 bridgehead atoms. The van der Waals surface area contributed by atoms with Gasteiger partial charge in [0.25, 0.3) is 0 Å². The largest absolute Gasteiger partial charge is 0.367 e. The number of piperazine rings is 1. The van der Waals surface area contributed by atoms with E-state index in [-0.39, 0.29) is 6.04 Å². The zero-order valence-electron chi connectivity index (χ0n) is 12.1. The first-order valence-corrected chi connectivity index (χ1v) is 7.41. The molecule has 0 radical (unpaired) electrons. The zero-order valence-corrected chi connectivity index (χ0v) is 12.8. The molecule has 0 aromatic heterocycles. The Kier molecular flexibility index (Phi) is 4.71. The van der Waals surface area contributed by atoms with Crippen molar-refractivity contribution in [3.8, 4) is 0 Å². The molecule has 1 saturated heterocycles. The molecule has 0 aliphatic carbocycles. The summed E-state index contributed by atoms with van der Waals surface area (Å²) in [5.74, 6) is 0. The molecule has 2 N–H and O–H groups in total. The van der Waals surface area contributed by atoms with Crippen molar-refractivity contribution in [2.75, 3.05) is 31.6 Å². The number of halogens is 1. The minimum atomic E-state index is 0.0300. The van der Waals surface area contributed by atoms with Gasteiger partial charge in [0.15, 0.2) is 0 Å². The van der Waals surface area contributed by atoms with Crippen LogP contribution in [0.2, 0.25) is 5.02 Å². The first-order chi connectivity index (χ1) is 9.02. The molecule has 0 saturated carbocycles. The van der Waals surface area contributed by atoms with E-state index in [1.54, 1.807) is 0 Å². The Morgan fingerprint density at radius 1 is 1.42 bits per heavy atom. The van der Waals surface area contributed by atoms with Crippen molar-refractivity contribution in [2.24, 2.45) is 5.73 Å². The molecule has 106 valence electrons. The zero-order chi connectivity index (χ0) is 14.0. The third-order valence-corrected chi connectivity index (χ3v) is 4.39. The highest BCUT2D eigenvalue weighted by Gasteiger charge is 2.24. The van der Waals surface area contributed by atoms with E-state index in [1.807, 2.05) is 13.0 Å². The minimum absolute atomic E-state index is 0.0300. The Balaban J connectivity index is 2.18. The SMILES string of the molecule is CCC1CN(c2ccc([C@H](C)N)cc2Cl)CCN1C. The second-order valence-electron chi connectivity index (χ2n) is 5.49. The molecule has 2 rings (SSSR count). The van der Waals surface area contributed by atoms with Crippen LogP contribution in [-0.4, -0.2) is 37.6 Å². The number of benzene rings is 1. The Hall–Kier alpha value is -0.770. The summed E-state index contributed by atoms with van der Waals surface area (Å²) < 4.78 is 0. The van der Waals surface area contributed by atoms with Gasteiger partial charge in [-0.1, -0.05) is 24.6 Å². The van der Waals surface area contributed by atoms with Crippen molar-refractivity contribution in [3.63, 3.8) is 0 Å². The van der Waals surface area contributed by atoms with E-state index in [9.17, 15) is 0 Å². The summed E-state index contributed by atoms with van der Waals surface area (Å²) in [5, 5.41) is 0.814. The second-order valence-corrected chi connectivity index (χ2v) is 5.90. The van der Waals surface area contributed by atoms with Gasteiger partial charge in [-0.05, 0) is 38.1 Å². The quantitative estimate of drug-likeness (QED) is 0.925. The van der Waals surface area contributed by atoms with E-state index < -0.39 is 0 Å². The second kappa shape index (κ2) is 6.12. The van der Waals surface area contributed by atoms with Gasteiger partial charge in [-0.2, -0.15) is 0 Å². The Labute approximate surface area is 121 Å². The predicted octanol–water partition coefficient (Wildman–Crippen LogP) is 2.89. The van der Waals surface area contributed by atoms with Crippen LogP contribution in [0.25, 0.3) is 0 Å². The molecule has 0 spiro atoms. The lowest BCUT2D eigenvalue weighted by molar-refractivity contribution is 0.213. The van der Waals surface area contributed by atoms with Crippen LogP contribution in [0.5, 0.6) is 0 Å². The van der Waals surface area contributed by atoms with Crippen LogP contribution >= 0.6 is 11.6 Å². The van der Waals surface area contributed by atoms with Crippen molar-refractivity contribution in [2.45, 2.75) is 32.4 Å². The normalized spacial score (nSPS) is 22.6. The Morgan fingerprint density at radius 3 is 2.74 bits per heavy atom. The average molecular weight is 282 g/mol. The molecule has 1 aliphatic heterocycles. The number of anilines is 1. The fraction of sp³-hybridized carbons (Fsp3) is 0.600. The summed E-state index contributed by atoms with van der Waals surface area (Å²) in [6.45, 7) is 7.39. The number of hydrogen-bond acceptors (Lipinski definition) is 3. The van der Waals surface area contributed by atoms with E-state index in [0.29, 0.717) is 6.04 Å². The molecule has 0 amide bonds. The van der Waals surface area contributed by atoms with Gasteiger partial charge in [0, 0.05) is 31.7 Å². The number of hydrogen-bond donors (Lipinski definition) is 1.